The second-order valence-electron chi connectivity index (χ2n) is 7.83. The molecule has 0 unspecified atom stereocenters. The van der Waals surface area contributed by atoms with Crippen molar-refractivity contribution in [3.05, 3.63) is 94.0 Å². The summed E-state index contributed by atoms with van der Waals surface area (Å²) >= 11 is 0. The van der Waals surface area contributed by atoms with Gasteiger partial charge in [-0.1, -0.05) is 24.3 Å². The van der Waals surface area contributed by atoms with E-state index in [9.17, 15) is 36.9 Å². The van der Waals surface area contributed by atoms with Crippen molar-refractivity contribution >= 4 is 23.3 Å². The van der Waals surface area contributed by atoms with Crippen LogP contribution < -0.4 is 9.47 Å². The molecule has 0 aliphatic carbocycles. The molecule has 0 aliphatic heterocycles. The Labute approximate surface area is 214 Å². The lowest BCUT2D eigenvalue weighted by atomic mass is 9.98. The van der Waals surface area contributed by atoms with Gasteiger partial charge in [-0.05, 0) is 59.7 Å². The van der Waals surface area contributed by atoms with Gasteiger partial charge in [0.05, 0.1) is 48.6 Å². The summed E-state index contributed by atoms with van der Waals surface area (Å²) in [5.41, 5.74) is -0.351. The maximum absolute atomic E-state index is 12.9. The normalized spacial score (nSPS) is 12.5. The van der Waals surface area contributed by atoms with E-state index in [1.165, 1.54) is 62.8 Å². The van der Waals surface area contributed by atoms with Gasteiger partial charge in [-0.2, -0.15) is 36.9 Å². The zero-order valence-corrected chi connectivity index (χ0v) is 19.9. The number of benzene rings is 3. The highest BCUT2D eigenvalue weighted by Gasteiger charge is 2.31. The third-order valence-electron chi connectivity index (χ3n) is 5.47. The molecule has 0 heterocycles. The van der Waals surface area contributed by atoms with E-state index >= 15 is 0 Å². The van der Waals surface area contributed by atoms with Crippen molar-refractivity contribution in [1.82, 2.24) is 0 Å². The minimum absolute atomic E-state index is 0.0600. The third-order valence-corrected chi connectivity index (χ3v) is 5.47. The van der Waals surface area contributed by atoms with Crippen molar-refractivity contribution in [3.8, 4) is 23.6 Å². The van der Waals surface area contributed by atoms with E-state index in [0.29, 0.717) is 11.1 Å². The first-order chi connectivity index (χ1) is 17.9. The van der Waals surface area contributed by atoms with Crippen molar-refractivity contribution in [2.24, 2.45) is 0 Å². The summed E-state index contributed by atoms with van der Waals surface area (Å²) in [6.45, 7) is 0. The van der Waals surface area contributed by atoms with Crippen molar-refractivity contribution in [3.63, 3.8) is 0 Å². The minimum Gasteiger partial charge on any atom is -0.496 e. The summed E-state index contributed by atoms with van der Waals surface area (Å²) in [6.07, 6.45) is -6.20. The van der Waals surface area contributed by atoms with Gasteiger partial charge in [-0.15, -0.1) is 0 Å². The van der Waals surface area contributed by atoms with Gasteiger partial charge in [0.1, 0.15) is 11.5 Å². The van der Waals surface area contributed by atoms with Crippen LogP contribution in [0, 0.1) is 22.7 Å². The van der Waals surface area contributed by atoms with Crippen molar-refractivity contribution in [2.45, 2.75) is 12.4 Å². The number of ether oxygens (including phenoxy) is 2. The fourth-order valence-corrected chi connectivity index (χ4v) is 3.52. The topological polar surface area (TPSA) is 66.0 Å². The molecule has 0 saturated heterocycles. The Morgan fingerprint density at radius 3 is 1.18 bits per heavy atom. The predicted molar refractivity (Wildman–Crippen MR) is 129 cm³/mol. The molecule has 0 amide bonds. The molecule has 0 N–H and O–H groups in total. The zero-order chi connectivity index (χ0) is 28.1. The van der Waals surface area contributed by atoms with Crippen LogP contribution in [0.4, 0.5) is 26.3 Å². The first-order valence-corrected chi connectivity index (χ1v) is 10.8. The van der Waals surface area contributed by atoms with Gasteiger partial charge >= 0.3 is 12.4 Å². The van der Waals surface area contributed by atoms with E-state index in [2.05, 4.69) is 0 Å². The number of nitriles is 2. The quantitative estimate of drug-likeness (QED) is 0.186. The number of allylic oxidation sites excluding steroid dienone is 2. The first kappa shape index (κ1) is 27.9. The van der Waals surface area contributed by atoms with Crippen LogP contribution in [-0.4, -0.2) is 14.2 Å². The summed E-state index contributed by atoms with van der Waals surface area (Å²) in [4.78, 5) is 0. The second kappa shape index (κ2) is 11.1. The molecule has 4 nitrogen and oxygen atoms in total. The van der Waals surface area contributed by atoms with Gasteiger partial charge in [0.25, 0.3) is 0 Å². The van der Waals surface area contributed by atoms with E-state index in [1.54, 1.807) is 0 Å². The standard InChI is InChI=1S/C28H18F6N2O2/c1-37-25-13-20(12-22(16-36)18-5-9-24(10-6-18)28(32,33)34)26(38-2)14-19(25)11-21(15-35)17-3-7-23(8-4-17)27(29,30)31/h3-14H,1-2H3/b21-11+,22-12+. The van der Waals surface area contributed by atoms with Crippen LogP contribution >= 0.6 is 0 Å². The number of halogens is 6. The summed E-state index contributed by atoms with van der Waals surface area (Å²) in [5, 5.41) is 19.3. The molecule has 3 rings (SSSR count). The Hall–Kier alpha value is -4.70. The van der Waals surface area contributed by atoms with Gasteiger partial charge in [-0.25, -0.2) is 0 Å². The number of hydrogen-bond donors (Lipinski definition) is 0. The minimum atomic E-state index is -4.52. The van der Waals surface area contributed by atoms with E-state index in [-0.39, 0.29) is 33.8 Å². The van der Waals surface area contributed by atoms with E-state index in [0.717, 1.165) is 24.3 Å². The van der Waals surface area contributed by atoms with E-state index in [4.69, 9.17) is 9.47 Å². The number of rotatable bonds is 6. The molecule has 194 valence electrons. The van der Waals surface area contributed by atoms with Crippen LogP contribution in [0.15, 0.2) is 60.7 Å². The molecule has 0 radical (unpaired) electrons. The fraction of sp³-hybridized carbons (Fsp3) is 0.143. The Balaban J connectivity index is 2.05. The highest BCUT2D eigenvalue weighted by molar-refractivity contribution is 5.93. The number of nitrogens with zero attached hydrogens (tertiary/aromatic N) is 2. The summed E-state index contributed by atoms with van der Waals surface area (Å²) < 4.78 is 88.1. The summed E-state index contributed by atoms with van der Waals surface area (Å²) in [5.74, 6) is 0.503. The van der Waals surface area contributed by atoms with Crippen LogP contribution in [0.3, 0.4) is 0 Å². The van der Waals surface area contributed by atoms with E-state index in [1.807, 2.05) is 12.1 Å². The van der Waals surface area contributed by atoms with Crippen molar-refractivity contribution in [1.29, 1.82) is 10.5 Å². The Kier molecular flexibility index (Phi) is 8.17. The van der Waals surface area contributed by atoms with Gasteiger partial charge < -0.3 is 9.47 Å². The monoisotopic (exact) mass is 528 g/mol. The smallest absolute Gasteiger partial charge is 0.416 e. The van der Waals surface area contributed by atoms with Crippen LogP contribution in [0.1, 0.15) is 33.4 Å². The number of hydrogen-bond acceptors (Lipinski definition) is 4. The molecule has 0 atom stereocenters. The molecule has 3 aromatic rings. The molecule has 0 fully saturated rings. The van der Waals surface area contributed by atoms with Crippen molar-refractivity contribution in [2.75, 3.05) is 14.2 Å². The Bertz CT molecular complexity index is 1340. The zero-order valence-electron chi connectivity index (χ0n) is 19.9. The molecule has 10 heteroatoms. The van der Waals surface area contributed by atoms with E-state index < -0.39 is 23.5 Å². The van der Waals surface area contributed by atoms with Gasteiger partial charge in [0, 0.05) is 11.1 Å². The van der Waals surface area contributed by atoms with Gasteiger partial charge in [0.2, 0.25) is 0 Å². The summed E-state index contributed by atoms with van der Waals surface area (Å²) in [6, 6.07) is 15.1. The molecule has 38 heavy (non-hydrogen) atoms. The molecular weight excluding hydrogens is 510 g/mol. The van der Waals surface area contributed by atoms with Crippen LogP contribution in [0.25, 0.3) is 23.3 Å². The third kappa shape index (κ3) is 6.34. The highest BCUT2D eigenvalue weighted by atomic mass is 19.4. The summed E-state index contributed by atoms with van der Waals surface area (Å²) in [7, 11) is 2.72. The molecule has 3 aromatic carbocycles. The van der Waals surface area contributed by atoms with Crippen LogP contribution in [0.5, 0.6) is 11.5 Å². The molecule has 0 aromatic heterocycles. The second-order valence-corrected chi connectivity index (χ2v) is 7.83. The average Bonchev–Trinajstić information content (AvgIpc) is 2.89. The highest BCUT2D eigenvalue weighted by Crippen LogP contribution is 2.36. The van der Waals surface area contributed by atoms with Crippen LogP contribution in [-0.2, 0) is 12.4 Å². The lowest BCUT2D eigenvalue weighted by Crippen LogP contribution is -2.04. The number of alkyl halides is 6. The lowest BCUT2D eigenvalue weighted by Gasteiger charge is -2.13. The van der Waals surface area contributed by atoms with Crippen molar-refractivity contribution < 1.29 is 35.8 Å². The maximum Gasteiger partial charge on any atom is 0.416 e. The molecular formula is C28H18F6N2O2. The largest absolute Gasteiger partial charge is 0.496 e. The molecule has 0 spiro atoms. The Morgan fingerprint density at radius 2 is 0.947 bits per heavy atom. The maximum atomic E-state index is 12.9. The molecule has 0 bridgehead atoms. The van der Waals surface area contributed by atoms with Gasteiger partial charge in [-0.3, -0.25) is 0 Å². The first-order valence-electron chi connectivity index (χ1n) is 10.8. The molecule has 0 aliphatic rings. The lowest BCUT2D eigenvalue weighted by molar-refractivity contribution is -0.138. The van der Waals surface area contributed by atoms with Gasteiger partial charge in [0.15, 0.2) is 0 Å². The molecule has 0 saturated carbocycles. The SMILES string of the molecule is COc1cc(/C=C(\C#N)c2ccc(C(F)(F)F)cc2)c(OC)cc1/C=C(\C#N)c1ccc(C(F)(F)F)cc1. The Morgan fingerprint density at radius 1 is 0.632 bits per heavy atom. The average molecular weight is 528 g/mol. The predicted octanol–water partition coefficient (Wildman–Crippen LogP) is 7.87. The fourth-order valence-electron chi connectivity index (χ4n) is 3.52. The van der Waals surface area contributed by atoms with Crippen LogP contribution in [0.2, 0.25) is 0 Å². The number of methoxy groups -OCH3 is 2.